The van der Waals surface area contributed by atoms with Gasteiger partial charge in [-0.25, -0.2) is 0 Å². The molecule has 2 N–H and O–H groups in total. The predicted molar refractivity (Wildman–Crippen MR) is 58.7 cm³/mol. The van der Waals surface area contributed by atoms with Crippen molar-refractivity contribution in [3.8, 4) is 0 Å². The van der Waals surface area contributed by atoms with Crippen LogP contribution < -0.4 is 5.73 Å². The molecule has 1 aliphatic rings. The molecule has 94 valence electrons. The molecule has 2 aromatic rings. The van der Waals surface area contributed by atoms with Gasteiger partial charge in [0, 0.05) is 13.0 Å². The van der Waals surface area contributed by atoms with Crippen LogP contribution in [0.2, 0.25) is 0 Å². The minimum atomic E-state index is -0.932. The van der Waals surface area contributed by atoms with Crippen molar-refractivity contribution in [3.05, 3.63) is 36.2 Å². The molecule has 0 unspecified atom stereocenters. The minimum Gasteiger partial charge on any atom is -0.451 e. The van der Waals surface area contributed by atoms with E-state index in [1.807, 2.05) is 0 Å². The van der Waals surface area contributed by atoms with Crippen LogP contribution in [0, 0.1) is 0 Å². The van der Waals surface area contributed by atoms with Crippen molar-refractivity contribution in [3.63, 3.8) is 0 Å². The SMILES string of the molecule is CC1(c2cc(Cn3ncc(N)n3)on2)OC=CO1. The van der Waals surface area contributed by atoms with Crippen molar-refractivity contribution < 1.29 is 14.0 Å². The third kappa shape index (κ3) is 1.77. The van der Waals surface area contributed by atoms with Crippen LogP contribution in [0.4, 0.5) is 5.82 Å². The Bertz CT molecular complexity index is 580. The molecule has 0 fully saturated rings. The zero-order valence-electron chi connectivity index (χ0n) is 9.61. The first-order valence-electron chi connectivity index (χ1n) is 5.28. The number of aromatic nitrogens is 4. The van der Waals surface area contributed by atoms with Crippen molar-refractivity contribution in [2.24, 2.45) is 0 Å². The highest BCUT2D eigenvalue weighted by Crippen LogP contribution is 2.30. The van der Waals surface area contributed by atoms with Gasteiger partial charge in [0.2, 0.25) is 0 Å². The average molecular weight is 249 g/mol. The fourth-order valence-electron chi connectivity index (χ4n) is 1.59. The van der Waals surface area contributed by atoms with Crippen LogP contribution in [0.25, 0.3) is 0 Å². The molecule has 0 amide bonds. The zero-order chi connectivity index (χ0) is 12.6. The summed E-state index contributed by atoms with van der Waals surface area (Å²) in [5.41, 5.74) is 6.01. The number of nitrogen functional groups attached to an aromatic ring is 1. The lowest BCUT2D eigenvalue weighted by molar-refractivity contribution is -0.137. The highest BCUT2D eigenvalue weighted by molar-refractivity contribution is 5.19. The fourth-order valence-corrected chi connectivity index (χ4v) is 1.59. The standard InChI is InChI=1S/C10H11N5O3/c1-10(16-2-3-17-10)8-4-7(18-14-8)6-15-12-5-9(11)13-15/h2-5H,6H2,1H3,(H2,11,13). The fraction of sp³-hybridized carbons (Fsp3) is 0.300. The lowest BCUT2D eigenvalue weighted by Crippen LogP contribution is -2.22. The topological polar surface area (TPSA) is 101 Å². The van der Waals surface area contributed by atoms with Gasteiger partial charge >= 0.3 is 0 Å². The molecule has 18 heavy (non-hydrogen) atoms. The molecular weight excluding hydrogens is 238 g/mol. The second-order valence-electron chi connectivity index (χ2n) is 3.93. The molecule has 0 aliphatic carbocycles. The summed E-state index contributed by atoms with van der Waals surface area (Å²) < 4.78 is 15.8. The molecule has 2 aromatic heterocycles. The van der Waals surface area contributed by atoms with Gasteiger partial charge in [0.25, 0.3) is 5.79 Å². The maximum Gasteiger partial charge on any atom is 0.294 e. The van der Waals surface area contributed by atoms with Gasteiger partial charge in [-0.2, -0.15) is 9.90 Å². The summed E-state index contributed by atoms with van der Waals surface area (Å²) in [6.07, 6.45) is 4.39. The Labute approximate surface area is 102 Å². The van der Waals surface area contributed by atoms with Crippen molar-refractivity contribution in [2.45, 2.75) is 19.3 Å². The first-order chi connectivity index (χ1) is 8.66. The molecule has 0 aromatic carbocycles. The number of rotatable bonds is 3. The first-order valence-corrected chi connectivity index (χ1v) is 5.28. The molecule has 0 bridgehead atoms. The molecule has 0 saturated carbocycles. The Balaban J connectivity index is 1.77. The van der Waals surface area contributed by atoms with E-state index in [1.54, 1.807) is 13.0 Å². The number of ether oxygens (including phenoxy) is 2. The van der Waals surface area contributed by atoms with E-state index in [4.69, 9.17) is 19.7 Å². The minimum absolute atomic E-state index is 0.341. The average Bonchev–Trinajstić information content (AvgIpc) is 3.02. The van der Waals surface area contributed by atoms with E-state index in [0.29, 0.717) is 23.8 Å². The highest BCUT2D eigenvalue weighted by Gasteiger charge is 2.35. The van der Waals surface area contributed by atoms with Crippen LogP contribution >= 0.6 is 0 Å². The zero-order valence-corrected chi connectivity index (χ0v) is 9.61. The summed E-state index contributed by atoms with van der Waals surface area (Å²) in [6.45, 7) is 2.09. The van der Waals surface area contributed by atoms with E-state index in [2.05, 4.69) is 15.4 Å². The van der Waals surface area contributed by atoms with Crippen molar-refractivity contribution in [1.82, 2.24) is 20.2 Å². The maximum atomic E-state index is 5.47. The summed E-state index contributed by atoms with van der Waals surface area (Å²) in [5.74, 6) is 0.00693. The number of anilines is 1. The number of nitrogens with two attached hydrogens (primary N) is 1. The van der Waals surface area contributed by atoms with Gasteiger partial charge in [-0.05, 0) is 0 Å². The summed E-state index contributed by atoms with van der Waals surface area (Å²) in [6, 6.07) is 1.73. The van der Waals surface area contributed by atoms with Crippen LogP contribution in [0.15, 0.2) is 29.3 Å². The van der Waals surface area contributed by atoms with Gasteiger partial charge < -0.3 is 19.7 Å². The maximum absolute atomic E-state index is 5.47. The van der Waals surface area contributed by atoms with Crippen LogP contribution in [0.1, 0.15) is 18.4 Å². The normalized spacial score (nSPS) is 16.5. The molecule has 8 heteroatoms. The second kappa shape index (κ2) is 3.76. The van der Waals surface area contributed by atoms with Crippen molar-refractivity contribution in [2.75, 3.05) is 5.73 Å². The quantitative estimate of drug-likeness (QED) is 0.849. The van der Waals surface area contributed by atoms with Crippen LogP contribution in [0.3, 0.4) is 0 Å². The predicted octanol–water partition coefficient (Wildman–Crippen LogP) is 0.587. The van der Waals surface area contributed by atoms with Crippen molar-refractivity contribution in [1.29, 1.82) is 0 Å². The monoisotopic (exact) mass is 249 g/mol. The molecule has 3 heterocycles. The van der Waals surface area contributed by atoms with Gasteiger partial charge in [-0.3, -0.25) is 0 Å². The third-order valence-electron chi connectivity index (χ3n) is 2.52. The first kappa shape index (κ1) is 10.6. The summed E-state index contributed by atoms with van der Waals surface area (Å²) in [4.78, 5) is 1.41. The van der Waals surface area contributed by atoms with Gasteiger partial charge in [0.1, 0.15) is 19.1 Å². The molecule has 0 spiro atoms. The number of hydrogen-bond acceptors (Lipinski definition) is 7. The Morgan fingerprint density at radius 3 is 2.83 bits per heavy atom. The van der Waals surface area contributed by atoms with E-state index in [0.717, 1.165) is 0 Å². The van der Waals surface area contributed by atoms with E-state index < -0.39 is 5.79 Å². The Hall–Kier alpha value is -2.51. The van der Waals surface area contributed by atoms with Gasteiger partial charge in [-0.15, -0.1) is 5.10 Å². The lowest BCUT2D eigenvalue weighted by Gasteiger charge is -2.19. The molecular formula is C10H11N5O3. The second-order valence-corrected chi connectivity index (χ2v) is 3.93. The molecule has 8 nitrogen and oxygen atoms in total. The van der Waals surface area contributed by atoms with Crippen LogP contribution in [-0.4, -0.2) is 20.2 Å². The Morgan fingerprint density at radius 1 is 1.39 bits per heavy atom. The van der Waals surface area contributed by atoms with E-state index in [-0.39, 0.29) is 0 Å². The summed E-state index contributed by atoms with van der Waals surface area (Å²) in [5, 5.41) is 11.8. The van der Waals surface area contributed by atoms with Gasteiger partial charge in [-0.1, -0.05) is 5.16 Å². The smallest absolute Gasteiger partial charge is 0.294 e. The van der Waals surface area contributed by atoms with Crippen LogP contribution in [0.5, 0.6) is 0 Å². The lowest BCUT2D eigenvalue weighted by atomic mass is 10.2. The third-order valence-corrected chi connectivity index (χ3v) is 2.52. The molecule has 0 radical (unpaired) electrons. The van der Waals surface area contributed by atoms with E-state index >= 15 is 0 Å². The molecule has 3 rings (SSSR count). The van der Waals surface area contributed by atoms with Crippen LogP contribution in [-0.2, 0) is 21.8 Å². The molecule has 0 saturated heterocycles. The Kier molecular flexibility index (Phi) is 2.22. The largest absolute Gasteiger partial charge is 0.451 e. The van der Waals surface area contributed by atoms with E-state index in [9.17, 15) is 0 Å². The Morgan fingerprint density at radius 2 is 2.17 bits per heavy atom. The summed E-state index contributed by atoms with van der Waals surface area (Å²) >= 11 is 0. The molecule has 1 aliphatic heterocycles. The van der Waals surface area contributed by atoms with E-state index in [1.165, 1.54) is 23.5 Å². The van der Waals surface area contributed by atoms with Gasteiger partial charge in [0.05, 0.1) is 6.20 Å². The molecule has 0 atom stereocenters. The number of nitrogens with zero attached hydrogens (tertiary/aromatic N) is 4. The highest BCUT2D eigenvalue weighted by atomic mass is 16.7. The number of hydrogen-bond donors (Lipinski definition) is 1. The van der Waals surface area contributed by atoms with Gasteiger partial charge in [0.15, 0.2) is 17.3 Å². The summed E-state index contributed by atoms with van der Waals surface area (Å²) in [7, 11) is 0. The van der Waals surface area contributed by atoms with Crippen molar-refractivity contribution >= 4 is 5.82 Å².